The van der Waals surface area contributed by atoms with Crippen molar-refractivity contribution in [3.63, 3.8) is 0 Å². The topological polar surface area (TPSA) is 40.9 Å². The average molecular weight is 380 g/mol. The monoisotopic (exact) mass is 380 g/mol. The van der Waals surface area contributed by atoms with Gasteiger partial charge in [0.1, 0.15) is 0 Å². The molecule has 0 atom stereocenters. The Labute approximate surface area is 126 Å². The van der Waals surface area contributed by atoms with E-state index in [0.29, 0.717) is 5.56 Å². The van der Waals surface area contributed by atoms with Crippen molar-refractivity contribution in [3.8, 4) is 6.07 Å². The molecule has 0 aliphatic carbocycles. The van der Waals surface area contributed by atoms with E-state index in [1.165, 1.54) is 14.9 Å². The van der Waals surface area contributed by atoms with E-state index in [1.54, 1.807) is 6.08 Å². The third-order valence-corrected chi connectivity index (χ3v) is 5.93. The van der Waals surface area contributed by atoms with Crippen LogP contribution in [-0.4, -0.2) is 5.78 Å². The van der Waals surface area contributed by atoms with Crippen LogP contribution >= 0.6 is 11.3 Å². The molecule has 2 nitrogen and oxygen atoms in total. The molecule has 2 aromatic rings. The van der Waals surface area contributed by atoms with Crippen molar-refractivity contribution in [1.82, 2.24) is 0 Å². The molecular weight excluding hydrogens is 369 g/mol. The van der Waals surface area contributed by atoms with Crippen LogP contribution < -0.4 is 21.2 Å². The fourth-order valence-electron chi connectivity index (χ4n) is 1.49. The van der Waals surface area contributed by atoms with Crippen molar-refractivity contribution < 1.29 is 26.0 Å². The Kier molecular flexibility index (Phi) is 4.88. The van der Waals surface area contributed by atoms with Gasteiger partial charge in [-0.05, 0) is 0 Å². The number of thiophene rings is 1. The van der Waals surface area contributed by atoms with E-state index >= 15 is 0 Å². The van der Waals surface area contributed by atoms with Gasteiger partial charge < -0.3 is 0 Å². The zero-order valence-corrected chi connectivity index (χ0v) is 13.2. The van der Waals surface area contributed by atoms with Gasteiger partial charge in [0.15, 0.2) is 0 Å². The number of ketones is 1. The van der Waals surface area contributed by atoms with Gasteiger partial charge in [-0.15, -0.1) is 0 Å². The first-order valence-corrected chi connectivity index (χ1v) is 8.79. The Hall–Kier alpha value is -1.45. The van der Waals surface area contributed by atoms with Crippen molar-refractivity contribution in [1.29, 1.82) is 5.26 Å². The number of hydrogen-bond acceptors (Lipinski definition) is 3. The fraction of sp³-hybridized carbons (Fsp3) is 0.0667. The van der Waals surface area contributed by atoms with E-state index in [4.69, 9.17) is 5.26 Å². The van der Waals surface area contributed by atoms with E-state index in [1.807, 2.05) is 46.7 Å². The number of carbonyl (C=O) groups is 1. The first-order chi connectivity index (χ1) is 9.20. The van der Waals surface area contributed by atoms with Crippen molar-refractivity contribution in [3.05, 3.63) is 65.4 Å². The molecule has 0 amide bonds. The van der Waals surface area contributed by atoms with Crippen LogP contribution in [0.25, 0.3) is 0 Å². The number of halogens is 1. The Morgan fingerprint density at radius 3 is 2.89 bits per heavy atom. The molecule has 0 aliphatic rings. The quantitative estimate of drug-likeness (QED) is 0.443. The molecule has 4 heteroatoms. The predicted octanol–water partition coefficient (Wildman–Crippen LogP) is 0.583. The summed E-state index contributed by atoms with van der Waals surface area (Å²) in [6.07, 6.45) is 1.66. The fourth-order valence-corrected chi connectivity index (χ4v) is 4.07. The van der Waals surface area contributed by atoms with Crippen molar-refractivity contribution >= 4 is 17.1 Å². The molecule has 1 heterocycles. The van der Waals surface area contributed by atoms with E-state index in [-0.39, 0.29) is 27.0 Å². The molecule has 0 N–H and O–H groups in total. The van der Waals surface area contributed by atoms with Crippen LogP contribution in [0.15, 0.2) is 45.9 Å². The van der Waals surface area contributed by atoms with Gasteiger partial charge in [0.2, 0.25) is 0 Å². The van der Waals surface area contributed by atoms with Crippen LogP contribution in [0.4, 0.5) is 0 Å². The van der Waals surface area contributed by atoms with Gasteiger partial charge in [0.05, 0.1) is 0 Å². The molecular formula is C15H11INOS-. The van der Waals surface area contributed by atoms with Gasteiger partial charge in [0, 0.05) is 0 Å². The number of benzene rings is 1. The van der Waals surface area contributed by atoms with Gasteiger partial charge >= 0.3 is 127 Å². The summed E-state index contributed by atoms with van der Waals surface area (Å²) < 4.78 is 3.23. The molecule has 2 rings (SSSR count). The van der Waals surface area contributed by atoms with E-state index < -0.39 is 0 Å². The molecule has 0 saturated carbocycles. The van der Waals surface area contributed by atoms with Gasteiger partial charge in [0.25, 0.3) is 0 Å². The van der Waals surface area contributed by atoms with Gasteiger partial charge in [-0.1, -0.05) is 0 Å². The molecule has 1 aromatic carbocycles. The summed E-state index contributed by atoms with van der Waals surface area (Å²) in [4.78, 5) is 12.6. The molecule has 0 aliphatic heterocycles. The Balaban J connectivity index is 2.03. The van der Waals surface area contributed by atoms with Crippen LogP contribution in [0.1, 0.15) is 20.8 Å². The third kappa shape index (κ3) is 3.75. The summed E-state index contributed by atoms with van der Waals surface area (Å²) in [5.41, 5.74) is 1.81. The maximum absolute atomic E-state index is 11.8. The first kappa shape index (κ1) is 14.0. The zero-order chi connectivity index (χ0) is 13.7. The van der Waals surface area contributed by atoms with E-state index in [0.717, 1.165) is 10.4 Å². The van der Waals surface area contributed by atoms with Crippen LogP contribution in [-0.2, 0) is 0 Å². The summed E-state index contributed by atoms with van der Waals surface area (Å²) in [5, 5.41) is 10.7. The number of nitrogens with zero attached hydrogens (tertiary/aromatic N) is 1. The minimum atomic E-state index is -0.330. The van der Waals surface area contributed by atoms with E-state index in [2.05, 4.69) is 6.07 Å². The molecule has 0 spiro atoms. The average Bonchev–Trinajstić information content (AvgIpc) is 2.94. The zero-order valence-electron chi connectivity index (χ0n) is 10.3. The molecule has 0 radical (unpaired) electrons. The SMILES string of the molecule is Cc1cc(C#N)ccc1[I-]/C=C/C(=O)c1cccs1. The molecule has 19 heavy (non-hydrogen) atoms. The second kappa shape index (κ2) is 6.64. The van der Waals surface area contributed by atoms with Crippen molar-refractivity contribution in [2.24, 2.45) is 0 Å². The third-order valence-electron chi connectivity index (χ3n) is 2.45. The second-order valence-corrected chi connectivity index (χ2v) is 7.27. The summed E-state index contributed by atoms with van der Waals surface area (Å²) in [7, 11) is 0. The summed E-state index contributed by atoms with van der Waals surface area (Å²) in [5.74, 6) is 0.0704. The predicted molar refractivity (Wildman–Crippen MR) is 72.4 cm³/mol. The molecule has 1 aromatic heterocycles. The molecule has 0 bridgehead atoms. The molecule has 96 valence electrons. The number of rotatable bonds is 4. The van der Waals surface area contributed by atoms with Crippen LogP contribution in [0.2, 0.25) is 0 Å². The van der Waals surface area contributed by atoms with Crippen LogP contribution in [0.3, 0.4) is 0 Å². The summed E-state index contributed by atoms with van der Waals surface area (Å²) in [6, 6.07) is 11.6. The van der Waals surface area contributed by atoms with Crippen LogP contribution in [0, 0.1) is 21.8 Å². The molecule has 0 fully saturated rings. The number of carbonyl (C=O) groups excluding carboxylic acids is 1. The van der Waals surface area contributed by atoms with Gasteiger partial charge in [-0.3, -0.25) is 0 Å². The first-order valence-electron chi connectivity index (χ1n) is 5.59. The Bertz CT molecular complexity index is 653. The Morgan fingerprint density at radius 2 is 2.26 bits per heavy atom. The molecule has 0 unspecified atom stereocenters. The number of nitriles is 1. The van der Waals surface area contributed by atoms with Crippen LogP contribution in [0.5, 0.6) is 0 Å². The van der Waals surface area contributed by atoms with Gasteiger partial charge in [-0.25, -0.2) is 0 Å². The summed E-state index contributed by atoms with van der Waals surface area (Å²) in [6.45, 7) is 2.00. The standard InChI is InChI=1S/C15H11INOS/c1-11-9-12(10-17)4-5-13(11)16-7-6-14(18)15-3-2-8-19-15/h2-9H,1H3/q-1/b7-6+. The van der Waals surface area contributed by atoms with E-state index in [9.17, 15) is 4.79 Å². The number of hydrogen-bond donors (Lipinski definition) is 0. The maximum atomic E-state index is 11.8. The Morgan fingerprint density at radius 1 is 1.42 bits per heavy atom. The number of aryl methyl sites for hydroxylation is 1. The molecule has 0 saturated heterocycles. The van der Waals surface area contributed by atoms with Crippen molar-refractivity contribution in [2.45, 2.75) is 6.92 Å². The van der Waals surface area contributed by atoms with Crippen molar-refractivity contribution in [2.75, 3.05) is 0 Å². The minimum absolute atomic E-state index is 0.0704. The van der Waals surface area contributed by atoms with Gasteiger partial charge in [-0.2, -0.15) is 0 Å². The normalized spacial score (nSPS) is 10.7. The summed E-state index contributed by atoms with van der Waals surface area (Å²) >= 11 is 1.13. The second-order valence-electron chi connectivity index (χ2n) is 3.82. The number of allylic oxidation sites excluding steroid dienone is 1.